The standard InChI is InChI=1S/C20H27N3O/c24-14-12-16-7-4-5-13-22(16)15-19-18-10-6-11-20(18)23(21-19)17-8-2-1-3-9-17/h1-3,8-9,16,24H,4-7,10-15H2. The first kappa shape index (κ1) is 15.9. The van der Waals surface area contributed by atoms with Gasteiger partial charge in [0.2, 0.25) is 0 Å². The van der Waals surface area contributed by atoms with Crippen LogP contribution in [0.1, 0.15) is 49.1 Å². The van der Waals surface area contributed by atoms with Crippen molar-refractivity contribution in [2.24, 2.45) is 0 Å². The number of fused-ring (bicyclic) bond motifs is 1. The van der Waals surface area contributed by atoms with Gasteiger partial charge in [0.15, 0.2) is 0 Å². The minimum Gasteiger partial charge on any atom is -0.396 e. The van der Waals surface area contributed by atoms with Crippen LogP contribution in [-0.4, -0.2) is 39.0 Å². The van der Waals surface area contributed by atoms with E-state index in [1.807, 2.05) is 0 Å². The van der Waals surface area contributed by atoms with Gasteiger partial charge in [-0.3, -0.25) is 4.90 Å². The second-order valence-electron chi connectivity index (χ2n) is 7.11. The largest absolute Gasteiger partial charge is 0.396 e. The molecule has 0 spiro atoms. The number of aliphatic hydroxyl groups is 1. The molecule has 0 bridgehead atoms. The average molecular weight is 325 g/mol. The highest BCUT2D eigenvalue weighted by Crippen LogP contribution is 2.30. The Morgan fingerprint density at radius 2 is 1.96 bits per heavy atom. The molecule has 1 aliphatic heterocycles. The normalized spacial score (nSPS) is 21.1. The summed E-state index contributed by atoms with van der Waals surface area (Å²) in [6, 6.07) is 11.0. The van der Waals surface area contributed by atoms with E-state index in [4.69, 9.17) is 5.10 Å². The van der Waals surface area contributed by atoms with Crippen molar-refractivity contribution < 1.29 is 5.11 Å². The molecule has 1 atom stereocenters. The zero-order chi connectivity index (χ0) is 16.4. The lowest BCUT2D eigenvalue weighted by molar-refractivity contribution is 0.111. The summed E-state index contributed by atoms with van der Waals surface area (Å²) in [5, 5.41) is 14.4. The van der Waals surface area contributed by atoms with Crippen LogP contribution in [0.15, 0.2) is 30.3 Å². The van der Waals surface area contributed by atoms with E-state index in [2.05, 4.69) is 39.9 Å². The number of para-hydroxylation sites is 1. The minimum absolute atomic E-state index is 0.289. The molecule has 0 saturated carbocycles. The van der Waals surface area contributed by atoms with Crippen molar-refractivity contribution in [2.75, 3.05) is 13.2 Å². The summed E-state index contributed by atoms with van der Waals surface area (Å²) in [7, 11) is 0. The third-order valence-corrected chi connectivity index (χ3v) is 5.58. The summed E-state index contributed by atoms with van der Waals surface area (Å²) >= 11 is 0. The zero-order valence-corrected chi connectivity index (χ0v) is 14.3. The Labute approximate surface area is 144 Å². The van der Waals surface area contributed by atoms with Gasteiger partial charge in [0.1, 0.15) is 0 Å². The summed E-state index contributed by atoms with van der Waals surface area (Å²) in [5.41, 5.74) is 5.32. The van der Waals surface area contributed by atoms with Crippen molar-refractivity contribution in [1.29, 1.82) is 0 Å². The van der Waals surface area contributed by atoms with Crippen molar-refractivity contribution >= 4 is 0 Å². The van der Waals surface area contributed by atoms with Crippen molar-refractivity contribution in [1.82, 2.24) is 14.7 Å². The molecule has 1 aromatic heterocycles. The molecule has 1 aromatic carbocycles. The van der Waals surface area contributed by atoms with Gasteiger partial charge in [-0.1, -0.05) is 24.6 Å². The number of likely N-dealkylation sites (tertiary alicyclic amines) is 1. The number of hydrogen-bond acceptors (Lipinski definition) is 3. The highest BCUT2D eigenvalue weighted by atomic mass is 16.3. The number of aromatic nitrogens is 2. The Morgan fingerprint density at radius 3 is 2.79 bits per heavy atom. The van der Waals surface area contributed by atoms with Gasteiger partial charge in [-0.05, 0) is 62.8 Å². The molecule has 4 rings (SSSR count). The predicted molar refractivity (Wildman–Crippen MR) is 95.3 cm³/mol. The molecule has 1 fully saturated rings. The molecule has 2 aliphatic rings. The van der Waals surface area contributed by atoms with E-state index in [1.165, 1.54) is 48.3 Å². The summed E-state index contributed by atoms with van der Waals surface area (Å²) in [6.07, 6.45) is 8.20. The number of rotatable bonds is 5. The summed E-state index contributed by atoms with van der Waals surface area (Å²) < 4.78 is 2.17. The van der Waals surface area contributed by atoms with Gasteiger partial charge in [-0.2, -0.15) is 5.10 Å². The molecule has 2 aromatic rings. The van der Waals surface area contributed by atoms with Crippen LogP contribution in [0.4, 0.5) is 0 Å². The van der Waals surface area contributed by atoms with E-state index in [9.17, 15) is 5.11 Å². The molecule has 1 N–H and O–H groups in total. The smallest absolute Gasteiger partial charge is 0.0804 e. The van der Waals surface area contributed by atoms with Crippen LogP contribution in [-0.2, 0) is 19.4 Å². The molecule has 1 saturated heterocycles. The lowest BCUT2D eigenvalue weighted by Gasteiger charge is -2.35. The fourth-order valence-corrected chi connectivity index (χ4v) is 4.36. The molecule has 128 valence electrons. The highest BCUT2D eigenvalue weighted by molar-refractivity contribution is 5.39. The Morgan fingerprint density at radius 1 is 1.08 bits per heavy atom. The van der Waals surface area contributed by atoms with Gasteiger partial charge in [0, 0.05) is 24.9 Å². The number of nitrogens with zero attached hydrogens (tertiary/aromatic N) is 3. The number of aliphatic hydroxyl groups excluding tert-OH is 1. The van der Waals surface area contributed by atoms with E-state index < -0.39 is 0 Å². The highest BCUT2D eigenvalue weighted by Gasteiger charge is 2.27. The van der Waals surface area contributed by atoms with Gasteiger partial charge in [0.05, 0.1) is 11.4 Å². The van der Waals surface area contributed by atoms with Gasteiger partial charge in [-0.25, -0.2) is 4.68 Å². The van der Waals surface area contributed by atoms with Crippen molar-refractivity contribution in [3.63, 3.8) is 0 Å². The lowest BCUT2D eigenvalue weighted by Crippen LogP contribution is -2.39. The molecule has 0 radical (unpaired) electrons. The maximum Gasteiger partial charge on any atom is 0.0804 e. The van der Waals surface area contributed by atoms with Crippen LogP contribution < -0.4 is 0 Å². The lowest BCUT2D eigenvalue weighted by atomic mass is 9.99. The van der Waals surface area contributed by atoms with E-state index in [1.54, 1.807) is 0 Å². The first-order chi connectivity index (χ1) is 11.9. The van der Waals surface area contributed by atoms with E-state index in [-0.39, 0.29) is 6.61 Å². The molecule has 1 unspecified atom stereocenters. The molecule has 4 nitrogen and oxygen atoms in total. The second kappa shape index (κ2) is 7.08. The Bertz CT molecular complexity index is 678. The first-order valence-electron chi connectivity index (χ1n) is 9.37. The van der Waals surface area contributed by atoms with Crippen molar-refractivity contribution in [3.05, 3.63) is 47.3 Å². The molecular weight excluding hydrogens is 298 g/mol. The molecule has 1 aliphatic carbocycles. The maximum absolute atomic E-state index is 9.36. The van der Waals surface area contributed by atoms with Crippen LogP contribution in [0, 0.1) is 0 Å². The van der Waals surface area contributed by atoms with E-state index in [0.717, 1.165) is 32.4 Å². The number of benzene rings is 1. The Hall–Kier alpha value is -1.65. The SMILES string of the molecule is OCCC1CCCCN1Cc1nn(-c2ccccc2)c2c1CCC2. The van der Waals surface area contributed by atoms with Crippen LogP contribution in [0.5, 0.6) is 0 Å². The molecule has 0 amide bonds. The molecular formula is C20H27N3O. The summed E-state index contributed by atoms with van der Waals surface area (Å²) in [4.78, 5) is 2.55. The van der Waals surface area contributed by atoms with Gasteiger partial charge >= 0.3 is 0 Å². The van der Waals surface area contributed by atoms with Crippen LogP contribution in [0.25, 0.3) is 5.69 Å². The topological polar surface area (TPSA) is 41.3 Å². The zero-order valence-electron chi connectivity index (χ0n) is 14.3. The van der Waals surface area contributed by atoms with Crippen LogP contribution >= 0.6 is 0 Å². The molecule has 2 heterocycles. The Balaban J connectivity index is 1.62. The third-order valence-electron chi connectivity index (χ3n) is 5.58. The van der Waals surface area contributed by atoms with E-state index in [0.29, 0.717) is 6.04 Å². The Kier molecular flexibility index (Phi) is 4.67. The summed E-state index contributed by atoms with van der Waals surface area (Å²) in [5.74, 6) is 0. The predicted octanol–water partition coefficient (Wildman–Crippen LogP) is 3.10. The minimum atomic E-state index is 0.289. The van der Waals surface area contributed by atoms with Crippen molar-refractivity contribution in [2.45, 2.75) is 57.5 Å². The number of hydrogen-bond donors (Lipinski definition) is 1. The third kappa shape index (κ3) is 3.01. The van der Waals surface area contributed by atoms with Gasteiger partial charge in [0.25, 0.3) is 0 Å². The average Bonchev–Trinajstić information content (AvgIpc) is 3.21. The fraction of sp³-hybridized carbons (Fsp3) is 0.550. The van der Waals surface area contributed by atoms with Gasteiger partial charge in [-0.15, -0.1) is 0 Å². The quantitative estimate of drug-likeness (QED) is 0.918. The monoisotopic (exact) mass is 325 g/mol. The van der Waals surface area contributed by atoms with Crippen molar-refractivity contribution in [3.8, 4) is 5.69 Å². The first-order valence-corrected chi connectivity index (χ1v) is 9.37. The fourth-order valence-electron chi connectivity index (χ4n) is 4.36. The molecule has 24 heavy (non-hydrogen) atoms. The van der Waals surface area contributed by atoms with Gasteiger partial charge < -0.3 is 5.11 Å². The summed E-state index contributed by atoms with van der Waals surface area (Å²) in [6.45, 7) is 2.36. The second-order valence-corrected chi connectivity index (χ2v) is 7.11. The number of piperidine rings is 1. The van der Waals surface area contributed by atoms with Crippen LogP contribution in [0.3, 0.4) is 0 Å². The van der Waals surface area contributed by atoms with Crippen LogP contribution in [0.2, 0.25) is 0 Å². The molecule has 4 heteroatoms. The maximum atomic E-state index is 9.36. The van der Waals surface area contributed by atoms with E-state index >= 15 is 0 Å².